The van der Waals surface area contributed by atoms with Crippen LogP contribution < -0.4 is 10.1 Å². The van der Waals surface area contributed by atoms with Crippen LogP contribution in [-0.4, -0.2) is 50.0 Å². The van der Waals surface area contributed by atoms with Crippen molar-refractivity contribution < 1.29 is 14.6 Å². The molecule has 0 saturated carbocycles. The first-order valence-electron chi connectivity index (χ1n) is 8.70. The molecule has 1 heterocycles. The molecule has 5 heteroatoms. The van der Waals surface area contributed by atoms with Crippen LogP contribution in [0.15, 0.2) is 48.5 Å². The number of nitrogens with zero attached hydrogens (tertiary/aromatic N) is 1. The lowest BCUT2D eigenvalue weighted by Gasteiger charge is -2.35. The Bertz CT molecular complexity index is 654. The van der Waals surface area contributed by atoms with Crippen LogP contribution in [0.4, 0.5) is 0 Å². The minimum absolute atomic E-state index is 0.284. The van der Waals surface area contributed by atoms with Crippen LogP contribution in [0, 0.1) is 0 Å². The van der Waals surface area contributed by atoms with Crippen LogP contribution in [0.3, 0.4) is 0 Å². The van der Waals surface area contributed by atoms with E-state index in [1.807, 2.05) is 24.3 Å². The SMILES string of the molecule is COc1ccc([C@@H](CNCc2cccc(O)c2)N2CCOCC2)cc1. The highest BCUT2D eigenvalue weighted by molar-refractivity contribution is 5.30. The molecule has 0 radical (unpaired) electrons. The van der Waals surface area contributed by atoms with Gasteiger partial charge in [-0.2, -0.15) is 0 Å². The van der Waals surface area contributed by atoms with E-state index in [9.17, 15) is 5.11 Å². The first-order chi connectivity index (χ1) is 12.3. The van der Waals surface area contributed by atoms with Crippen molar-refractivity contribution in [2.45, 2.75) is 12.6 Å². The van der Waals surface area contributed by atoms with E-state index in [1.54, 1.807) is 19.2 Å². The molecule has 0 amide bonds. The van der Waals surface area contributed by atoms with Gasteiger partial charge < -0.3 is 19.9 Å². The summed E-state index contributed by atoms with van der Waals surface area (Å²) in [6, 6.07) is 16.0. The zero-order chi connectivity index (χ0) is 17.5. The summed E-state index contributed by atoms with van der Waals surface area (Å²) in [7, 11) is 1.69. The lowest BCUT2D eigenvalue weighted by molar-refractivity contribution is 0.0161. The Morgan fingerprint density at radius 1 is 1.16 bits per heavy atom. The molecule has 0 bridgehead atoms. The van der Waals surface area contributed by atoms with Crippen molar-refractivity contribution in [1.29, 1.82) is 0 Å². The van der Waals surface area contributed by atoms with E-state index < -0.39 is 0 Å². The van der Waals surface area contributed by atoms with Gasteiger partial charge in [-0.3, -0.25) is 4.90 Å². The van der Waals surface area contributed by atoms with E-state index in [0.29, 0.717) is 5.75 Å². The van der Waals surface area contributed by atoms with Crippen molar-refractivity contribution >= 4 is 0 Å². The second-order valence-corrected chi connectivity index (χ2v) is 6.24. The fraction of sp³-hybridized carbons (Fsp3) is 0.400. The second-order valence-electron chi connectivity index (χ2n) is 6.24. The molecule has 2 aromatic carbocycles. The first kappa shape index (κ1) is 17.7. The van der Waals surface area contributed by atoms with Crippen LogP contribution >= 0.6 is 0 Å². The number of phenolic OH excluding ortho intramolecular Hbond substituents is 1. The van der Waals surface area contributed by atoms with Crippen molar-refractivity contribution in [1.82, 2.24) is 10.2 Å². The average Bonchev–Trinajstić information content (AvgIpc) is 2.66. The Labute approximate surface area is 149 Å². The maximum atomic E-state index is 9.59. The van der Waals surface area contributed by atoms with Gasteiger partial charge in [0.25, 0.3) is 0 Å². The second kappa shape index (κ2) is 8.85. The molecule has 5 nitrogen and oxygen atoms in total. The minimum atomic E-state index is 0.284. The molecule has 0 aromatic heterocycles. The molecule has 134 valence electrons. The highest BCUT2D eigenvalue weighted by Crippen LogP contribution is 2.24. The van der Waals surface area contributed by atoms with Gasteiger partial charge in [0.05, 0.1) is 20.3 Å². The fourth-order valence-corrected chi connectivity index (χ4v) is 3.19. The number of nitrogens with one attached hydrogen (secondary N) is 1. The number of hydrogen-bond acceptors (Lipinski definition) is 5. The van der Waals surface area contributed by atoms with Gasteiger partial charge >= 0.3 is 0 Å². The van der Waals surface area contributed by atoms with Crippen molar-refractivity contribution in [3.63, 3.8) is 0 Å². The summed E-state index contributed by atoms with van der Waals surface area (Å²) in [6.07, 6.45) is 0. The monoisotopic (exact) mass is 342 g/mol. The summed E-state index contributed by atoms with van der Waals surface area (Å²) < 4.78 is 10.8. The van der Waals surface area contributed by atoms with Crippen molar-refractivity contribution in [2.24, 2.45) is 0 Å². The van der Waals surface area contributed by atoms with E-state index in [4.69, 9.17) is 9.47 Å². The first-order valence-corrected chi connectivity index (χ1v) is 8.70. The fourth-order valence-electron chi connectivity index (χ4n) is 3.19. The van der Waals surface area contributed by atoms with E-state index in [-0.39, 0.29) is 6.04 Å². The van der Waals surface area contributed by atoms with Crippen molar-refractivity contribution in [2.75, 3.05) is 40.0 Å². The van der Waals surface area contributed by atoms with Gasteiger partial charge in [0.15, 0.2) is 0 Å². The van der Waals surface area contributed by atoms with E-state index in [0.717, 1.165) is 50.7 Å². The Hall–Kier alpha value is -2.08. The lowest BCUT2D eigenvalue weighted by atomic mass is 10.0. The number of methoxy groups -OCH3 is 1. The molecule has 1 saturated heterocycles. The number of rotatable bonds is 7. The van der Waals surface area contributed by atoms with Crippen LogP contribution in [0.25, 0.3) is 0 Å². The van der Waals surface area contributed by atoms with Gasteiger partial charge in [0.2, 0.25) is 0 Å². The van der Waals surface area contributed by atoms with Gasteiger partial charge in [-0.1, -0.05) is 24.3 Å². The highest BCUT2D eigenvalue weighted by atomic mass is 16.5. The zero-order valence-corrected chi connectivity index (χ0v) is 14.6. The molecule has 2 N–H and O–H groups in total. The maximum absolute atomic E-state index is 9.59. The molecular weight excluding hydrogens is 316 g/mol. The standard InChI is InChI=1S/C20H26N2O3/c1-24-19-7-5-17(6-8-19)20(22-9-11-25-12-10-22)15-21-14-16-3-2-4-18(23)13-16/h2-8,13,20-21,23H,9-12,14-15H2,1H3/t20-/m1/s1. The molecule has 25 heavy (non-hydrogen) atoms. The number of morpholine rings is 1. The number of ether oxygens (including phenoxy) is 2. The normalized spacial score (nSPS) is 16.5. The molecule has 2 aromatic rings. The highest BCUT2D eigenvalue weighted by Gasteiger charge is 2.22. The summed E-state index contributed by atoms with van der Waals surface area (Å²) in [6.45, 7) is 4.99. The van der Waals surface area contributed by atoms with Gasteiger partial charge in [-0.05, 0) is 35.4 Å². The topological polar surface area (TPSA) is 54.0 Å². The summed E-state index contributed by atoms with van der Waals surface area (Å²) in [5.41, 5.74) is 2.35. The van der Waals surface area contributed by atoms with Crippen LogP contribution in [0.5, 0.6) is 11.5 Å². The third kappa shape index (κ3) is 4.95. The maximum Gasteiger partial charge on any atom is 0.118 e. The van der Waals surface area contributed by atoms with Crippen LogP contribution in [0.2, 0.25) is 0 Å². The number of hydrogen-bond donors (Lipinski definition) is 2. The summed E-state index contributed by atoms with van der Waals surface area (Å²) in [5, 5.41) is 13.1. The quantitative estimate of drug-likeness (QED) is 0.810. The van der Waals surface area contributed by atoms with E-state index in [2.05, 4.69) is 22.3 Å². The third-order valence-electron chi connectivity index (χ3n) is 4.56. The van der Waals surface area contributed by atoms with Gasteiger partial charge in [0, 0.05) is 32.2 Å². The zero-order valence-electron chi connectivity index (χ0n) is 14.6. The van der Waals surface area contributed by atoms with Crippen LogP contribution in [-0.2, 0) is 11.3 Å². The third-order valence-corrected chi connectivity index (χ3v) is 4.56. The molecule has 0 unspecified atom stereocenters. The number of phenols is 1. The summed E-state index contributed by atoms with van der Waals surface area (Å²) >= 11 is 0. The Morgan fingerprint density at radius 3 is 2.60 bits per heavy atom. The van der Waals surface area contributed by atoms with Gasteiger partial charge in [-0.15, -0.1) is 0 Å². The molecule has 1 aliphatic heterocycles. The molecule has 1 atom stereocenters. The molecule has 1 aliphatic rings. The summed E-state index contributed by atoms with van der Waals surface area (Å²) in [5.74, 6) is 1.18. The molecule has 3 rings (SSSR count). The summed E-state index contributed by atoms with van der Waals surface area (Å²) in [4.78, 5) is 2.46. The number of aromatic hydroxyl groups is 1. The van der Waals surface area contributed by atoms with Gasteiger partial charge in [0.1, 0.15) is 11.5 Å². The minimum Gasteiger partial charge on any atom is -0.508 e. The molecule has 0 spiro atoms. The average molecular weight is 342 g/mol. The Kier molecular flexibility index (Phi) is 6.28. The van der Waals surface area contributed by atoms with Crippen molar-refractivity contribution in [3.05, 3.63) is 59.7 Å². The Balaban J connectivity index is 1.67. The predicted octanol–water partition coefficient (Wildman–Crippen LogP) is 2.56. The molecule has 0 aliphatic carbocycles. The molecule has 1 fully saturated rings. The smallest absolute Gasteiger partial charge is 0.118 e. The molecular formula is C20H26N2O3. The van der Waals surface area contributed by atoms with E-state index in [1.165, 1.54) is 5.56 Å². The van der Waals surface area contributed by atoms with Crippen LogP contribution in [0.1, 0.15) is 17.2 Å². The van der Waals surface area contributed by atoms with E-state index >= 15 is 0 Å². The lowest BCUT2D eigenvalue weighted by Crippen LogP contribution is -2.42. The number of benzene rings is 2. The van der Waals surface area contributed by atoms with Gasteiger partial charge in [-0.25, -0.2) is 0 Å². The van der Waals surface area contributed by atoms with Crippen molar-refractivity contribution in [3.8, 4) is 11.5 Å². The Morgan fingerprint density at radius 2 is 1.92 bits per heavy atom. The largest absolute Gasteiger partial charge is 0.508 e. The predicted molar refractivity (Wildman–Crippen MR) is 97.9 cm³/mol.